The maximum Gasteiger partial charge on any atom is 0.288 e. The molecule has 0 aliphatic heterocycles. The molecule has 0 atom stereocenters. The van der Waals surface area contributed by atoms with Crippen molar-refractivity contribution in [3.8, 4) is 5.75 Å². The van der Waals surface area contributed by atoms with E-state index >= 15 is 0 Å². The predicted octanol–water partition coefficient (Wildman–Crippen LogP) is 2.22. The van der Waals surface area contributed by atoms with Crippen LogP contribution in [0.3, 0.4) is 0 Å². The molecule has 1 amide bonds. The van der Waals surface area contributed by atoms with Crippen molar-refractivity contribution >= 4 is 17.2 Å². The van der Waals surface area contributed by atoms with Crippen LogP contribution in [0.5, 0.6) is 5.75 Å². The number of hydroxylamine groups is 1. The van der Waals surface area contributed by atoms with Crippen molar-refractivity contribution in [2.24, 2.45) is 0 Å². The van der Waals surface area contributed by atoms with Crippen molar-refractivity contribution in [2.75, 3.05) is 7.11 Å². The van der Waals surface area contributed by atoms with Crippen molar-refractivity contribution < 1.29 is 14.4 Å². The lowest BCUT2D eigenvalue weighted by atomic mass is 10.2. The SMILES string of the molecule is COc1ccsc1C(=O)NOC(C)(C)C. The Morgan fingerprint density at radius 1 is 1.47 bits per heavy atom. The number of ether oxygens (including phenoxy) is 1. The Labute approximate surface area is 93.2 Å². The first-order chi connectivity index (χ1) is 6.94. The first-order valence-electron chi connectivity index (χ1n) is 4.54. The molecule has 0 saturated heterocycles. The van der Waals surface area contributed by atoms with Crippen LogP contribution in [0.2, 0.25) is 0 Å². The fraction of sp³-hybridized carbons (Fsp3) is 0.500. The molecule has 1 aromatic heterocycles. The molecule has 15 heavy (non-hydrogen) atoms. The number of rotatable bonds is 3. The van der Waals surface area contributed by atoms with Crippen molar-refractivity contribution in [2.45, 2.75) is 26.4 Å². The largest absolute Gasteiger partial charge is 0.495 e. The van der Waals surface area contributed by atoms with Gasteiger partial charge in [-0.25, -0.2) is 5.48 Å². The Kier molecular flexibility index (Phi) is 3.71. The quantitative estimate of drug-likeness (QED) is 0.808. The van der Waals surface area contributed by atoms with E-state index in [-0.39, 0.29) is 5.91 Å². The summed E-state index contributed by atoms with van der Waals surface area (Å²) < 4.78 is 5.03. The summed E-state index contributed by atoms with van der Waals surface area (Å²) in [7, 11) is 1.53. The second kappa shape index (κ2) is 4.63. The van der Waals surface area contributed by atoms with Gasteiger partial charge in [0.05, 0.1) is 12.7 Å². The smallest absolute Gasteiger partial charge is 0.288 e. The summed E-state index contributed by atoms with van der Waals surface area (Å²) in [5.41, 5.74) is 1.99. The van der Waals surface area contributed by atoms with Gasteiger partial charge in [-0.15, -0.1) is 11.3 Å². The average Bonchev–Trinajstić information content (AvgIpc) is 2.60. The lowest BCUT2D eigenvalue weighted by Gasteiger charge is -2.18. The molecule has 0 aliphatic rings. The molecule has 0 fully saturated rings. The van der Waals surface area contributed by atoms with E-state index in [4.69, 9.17) is 9.57 Å². The second-order valence-electron chi connectivity index (χ2n) is 3.96. The number of hydrogen-bond donors (Lipinski definition) is 1. The fourth-order valence-corrected chi connectivity index (χ4v) is 1.61. The van der Waals surface area contributed by atoms with Crippen LogP contribution in [-0.4, -0.2) is 18.6 Å². The summed E-state index contributed by atoms with van der Waals surface area (Å²) in [4.78, 5) is 17.3. The molecule has 0 radical (unpaired) electrons. The Morgan fingerprint density at radius 2 is 2.13 bits per heavy atom. The monoisotopic (exact) mass is 229 g/mol. The number of methoxy groups -OCH3 is 1. The number of carbonyl (C=O) groups is 1. The van der Waals surface area contributed by atoms with Crippen LogP contribution in [-0.2, 0) is 4.84 Å². The van der Waals surface area contributed by atoms with Gasteiger partial charge in [-0.3, -0.25) is 9.63 Å². The van der Waals surface area contributed by atoms with Gasteiger partial charge in [0.2, 0.25) is 0 Å². The molecule has 1 aromatic rings. The molecule has 1 rings (SSSR count). The molecular weight excluding hydrogens is 214 g/mol. The number of amides is 1. The van der Waals surface area contributed by atoms with Crippen LogP contribution in [0, 0.1) is 0 Å². The minimum Gasteiger partial charge on any atom is -0.495 e. The highest BCUT2D eigenvalue weighted by Gasteiger charge is 2.17. The van der Waals surface area contributed by atoms with E-state index in [2.05, 4.69) is 5.48 Å². The van der Waals surface area contributed by atoms with E-state index in [1.165, 1.54) is 18.4 Å². The van der Waals surface area contributed by atoms with Crippen LogP contribution in [0.25, 0.3) is 0 Å². The topological polar surface area (TPSA) is 47.6 Å². The van der Waals surface area contributed by atoms with Gasteiger partial charge in [0.15, 0.2) is 0 Å². The number of nitrogens with one attached hydrogen (secondary N) is 1. The van der Waals surface area contributed by atoms with Gasteiger partial charge in [0.25, 0.3) is 5.91 Å². The molecule has 1 heterocycles. The highest BCUT2D eigenvalue weighted by atomic mass is 32.1. The number of hydrogen-bond acceptors (Lipinski definition) is 4. The van der Waals surface area contributed by atoms with Crippen molar-refractivity contribution in [3.05, 3.63) is 16.3 Å². The normalized spacial score (nSPS) is 11.2. The van der Waals surface area contributed by atoms with Crippen LogP contribution < -0.4 is 10.2 Å². The molecule has 0 aromatic carbocycles. The molecule has 1 N–H and O–H groups in total. The predicted molar refractivity (Wildman–Crippen MR) is 59.2 cm³/mol. The second-order valence-corrected chi connectivity index (χ2v) is 4.88. The molecular formula is C10H15NO3S. The van der Waals surface area contributed by atoms with Gasteiger partial charge in [0, 0.05) is 0 Å². The Balaban J connectivity index is 2.62. The molecule has 0 spiro atoms. The summed E-state index contributed by atoms with van der Waals surface area (Å²) >= 11 is 1.32. The summed E-state index contributed by atoms with van der Waals surface area (Å²) in [5, 5.41) is 1.80. The lowest BCUT2D eigenvalue weighted by Crippen LogP contribution is -2.33. The zero-order valence-corrected chi connectivity index (χ0v) is 10.1. The highest BCUT2D eigenvalue weighted by molar-refractivity contribution is 7.12. The molecule has 0 bridgehead atoms. The molecule has 4 nitrogen and oxygen atoms in total. The number of thiophene rings is 1. The van der Waals surface area contributed by atoms with Gasteiger partial charge in [0.1, 0.15) is 10.6 Å². The van der Waals surface area contributed by atoms with Crippen molar-refractivity contribution in [1.82, 2.24) is 5.48 Å². The van der Waals surface area contributed by atoms with Gasteiger partial charge in [-0.2, -0.15) is 0 Å². The van der Waals surface area contributed by atoms with E-state index in [0.29, 0.717) is 10.6 Å². The van der Waals surface area contributed by atoms with E-state index in [1.807, 2.05) is 20.8 Å². The Hall–Kier alpha value is -1.07. The number of carbonyl (C=O) groups excluding carboxylic acids is 1. The minimum absolute atomic E-state index is 0.281. The van der Waals surface area contributed by atoms with E-state index < -0.39 is 5.60 Å². The third kappa shape index (κ3) is 3.53. The van der Waals surface area contributed by atoms with Gasteiger partial charge in [-0.05, 0) is 32.2 Å². The van der Waals surface area contributed by atoms with Crippen molar-refractivity contribution in [1.29, 1.82) is 0 Å². The molecule has 5 heteroatoms. The molecule has 0 unspecified atom stereocenters. The van der Waals surface area contributed by atoms with Crippen LogP contribution in [0.1, 0.15) is 30.4 Å². The first kappa shape index (κ1) is 12.0. The summed E-state index contributed by atoms with van der Waals surface area (Å²) in [6.45, 7) is 5.58. The summed E-state index contributed by atoms with van der Waals surface area (Å²) in [6, 6.07) is 1.75. The zero-order valence-electron chi connectivity index (χ0n) is 9.29. The van der Waals surface area contributed by atoms with Gasteiger partial charge < -0.3 is 4.74 Å². The first-order valence-corrected chi connectivity index (χ1v) is 5.42. The van der Waals surface area contributed by atoms with Gasteiger partial charge >= 0.3 is 0 Å². The summed E-state index contributed by atoms with van der Waals surface area (Å²) in [6.07, 6.45) is 0. The van der Waals surface area contributed by atoms with E-state index in [9.17, 15) is 4.79 Å². The minimum atomic E-state index is -0.403. The van der Waals surface area contributed by atoms with Crippen LogP contribution >= 0.6 is 11.3 Å². The molecule has 84 valence electrons. The Bertz CT molecular complexity index is 341. The average molecular weight is 229 g/mol. The summed E-state index contributed by atoms with van der Waals surface area (Å²) in [5.74, 6) is 0.284. The third-order valence-corrected chi connectivity index (χ3v) is 2.40. The standard InChI is InChI=1S/C10H15NO3S/c1-10(2,3)14-11-9(12)8-7(13-4)5-6-15-8/h5-6H,1-4H3,(H,11,12). The third-order valence-electron chi connectivity index (χ3n) is 1.51. The van der Waals surface area contributed by atoms with E-state index in [0.717, 1.165) is 0 Å². The maximum atomic E-state index is 11.6. The van der Waals surface area contributed by atoms with Crippen LogP contribution in [0.4, 0.5) is 0 Å². The Morgan fingerprint density at radius 3 is 2.67 bits per heavy atom. The van der Waals surface area contributed by atoms with Crippen molar-refractivity contribution in [3.63, 3.8) is 0 Å². The van der Waals surface area contributed by atoms with Crippen LogP contribution in [0.15, 0.2) is 11.4 Å². The lowest BCUT2D eigenvalue weighted by molar-refractivity contribution is -0.0588. The highest BCUT2D eigenvalue weighted by Crippen LogP contribution is 2.24. The maximum absolute atomic E-state index is 11.6. The molecule has 0 saturated carbocycles. The van der Waals surface area contributed by atoms with E-state index in [1.54, 1.807) is 11.4 Å². The molecule has 0 aliphatic carbocycles. The van der Waals surface area contributed by atoms with Gasteiger partial charge in [-0.1, -0.05) is 0 Å². The zero-order chi connectivity index (χ0) is 11.5. The fourth-order valence-electron chi connectivity index (χ4n) is 0.870.